The minimum Gasteiger partial charge on any atom is -0.490 e. The number of nitrogens with zero attached hydrogens (tertiary/aromatic N) is 1. The number of carboxylic acid groups (broad SMARTS) is 1. The molecular weight excluding hydrogens is 640 g/mol. The standard InChI is InChI=1S/C38H34N4O8/c43-36(41-35-4-2-1-3-34(35)37(44)45)21-24-5-15-30(16-6-24)49-32-17-7-26-23-33(18-8-25(26)22-32)50-31-19-11-28(12-20-31)40-38(46)39-27-9-13-29(14-10-27)42(47)48/h1-10,13-18,22-23,28,31H,11-12,19-21H2,(H,41,43)(H,44,45)(H2,39,40,46). The fourth-order valence-corrected chi connectivity index (χ4v) is 5.85. The molecule has 3 amide bonds. The summed E-state index contributed by atoms with van der Waals surface area (Å²) in [5.74, 6) is 0.606. The highest BCUT2D eigenvalue weighted by Crippen LogP contribution is 2.30. The van der Waals surface area contributed by atoms with Crippen LogP contribution in [0.25, 0.3) is 10.8 Å². The summed E-state index contributed by atoms with van der Waals surface area (Å²) in [4.78, 5) is 46.7. The molecule has 0 spiro atoms. The number of aromatic carboxylic acids is 1. The molecule has 6 rings (SSSR count). The molecule has 1 fully saturated rings. The number of amides is 3. The van der Waals surface area contributed by atoms with E-state index >= 15 is 0 Å². The fraction of sp³-hybridized carbons (Fsp3) is 0.184. The van der Waals surface area contributed by atoms with E-state index in [-0.39, 0.29) is 47.4 Å². The lowest BCUT2D eigenvalue weighted by Crippen LogP contribution is -2.41. The molecule has 0 bridgehead atoms. The molecular formula is C38H34N4O8. The third kappa shape index (κ3) is 8.72. The molecule has 0 aromatic heterocycles. The number of para-hydroxylation sites is 1. The molecule has 5 aromatic rings. The van der Waals surface area contributed by atoms with Crippen molar-refractivity contribution in [2.24, 2.45) is 0 Å². The number of ether oxygens (including phenoxy) is 2. The molecule has 12 nitrogen and oxygen atoms in total. The van der Waals surface area contributed by atoms with E-state index in [1.165, 1.54) is 30.3 Å². The normalized spacial score (nSPS) is 15.4. The monoisotopic (exact) mass is 674 g/mol. The molecule has 0 heterocycles. The minimum absolute atomic E-state index is 0.00670. The predicted octanol–water partition coefficient (Wildman–Crippen LogP) is 7.93. The topological polar surface area (TPSA) is 169 Å². The van der Waals surface area contributed by atoms with Gasteiger partial charge in [-0.05, 0) is 103 Å². The Kier molecular flexibility index (Phi) is 10.2. The van der Waals surface area contributed by atoms with Gasteiger partial charge in [-0.25, -0.2) is 9.59 Å². The first kappa shape index (κ1) is 33.5. The van der Waals surface area contributed by atoms with E-state index < -0.39 is 10.9 Å². The lowest BCUT2D eigenvalue weighted by Gasteiger charge is -2.29. The van der Waals surface area contributed by atoms with E-state index in [2.05, 4.69) is 16.0 Å². The lowest BCUT2D eigenvalue weighted by atomic mass is 9.93. The van der Waals surface area contributed by atoms with E-state index in [1.807, 2.05) is 36.4 Å². The smallest absolute Gasteiger partial charge is 0.337 e. The Morgan fingerprint density at radius 1 is 0.760 bits per heavy atom. The molecule has 0 aliphatic heterocycles. The number of hydrogen-bond acceptors (Lipinski definition) is 7. The number of fused-ring (bicyclic) bond motifs is 1. The molecule has 50 heavy (non-hydrogen) atoms. The molecule has 0 unspecified atom stereocenters. The predicted molar refractivity (Wildman–Crippen MR) is 188 cm³/mol. The van der Waals surface area contributed by atoms with E-state index in [0.29, 0.717) is 17.2 Å². The molecule has 1 saturated carbocycles. The number of nitrogens with one attached hydrogen (secondary N) is 3. The summed E-state index contributed by atoms with van der Waals surface area (Å²) < 4.78 is 12.4. The summed E-state index contributed by atoms with van der Waals surface area (Å²) in [6.07, 6.45) is 3.21. The highest BCUT2D eigenvalue weighted by molar-refractivity contribution is 6.01. The first-order valence-electron chi connectivity index (χ1n) is 16.1. The van der Waals surface area contributed by atoms with Crippen LogP contribution in [0.5, 0.6) is 17.2 Å². The van der Waals surface area contributed by atoms with Crippen LogP contribution < -0.4 is 25.4 Å². The van der Waals surface area contributed by atoms with E-state index in [9.17, 15) is 29.6 Å². The van der Waals surface area contributed by atoms with Crippen molar-refractivity contribution in [2.45, 2.75) is 44.2 Å². The van der Waals surface area contributed by atoms with Gasteiger partial charge in [0.1, 0.15) is 17.2 Å². The molecule has 4 N–H and O–H groups in total. The molecule has 0 radical (unpaired) electrons. The van der Waals surface area contributed by atoms with Gasteiger partial charge in [-0.2, -0.15) is 0 Å². The first-order chi connectivity index (χ1) is 24.2. The van der Waals surface area contributed by atoms with Crippen LogP contribution in [-0.2, 0) is 11.2 Å². The summed E-state index contributed by atoms with van der Waals surface area (Å²) in [6, 6.07) is 30.5. The second-order valence-electron chi connectivity index (χ2n) is 12.0. The number of rotatable bonds is 11. The van der Waals surface area contributed by atoms with E-state index in [1.54, 1.807) is 42.5 Å². The SMILES string of the molecule is O=C(Cc1ccc(Oc2ccc3cc(OC4CCC(NC(=O)Nc5ccc([N+](=O)[O-])cc5)CC4)ccc3c2)cc1)Nc1ccccc1C(=O)O. The maximum atomic E-state index is 12.5. The van der Waals surface area contributed by atoms with Crippen molar-refractivity contribution >= 4 is 45.7 Å². The van der Waals surface area contributed by atoms with Crippen LogP contribution in [0.1, 0.15) is 41.6 Å². The Labute approximate surface area is 287 Å². The summed E-state index contributed by atoms with van der Waals surface area (Å²) in [7, 11) is 0. The van der Waals surface area contributed by atoms with Crippen LogP contribution in [0.2, 0.25) is 0 Å². The van der Waals surface area contributed by atoms with Crippen molar-refractivity contribution in [1.29, 1.82) is 0 Å². The van der Waals surface area contributed by atoms with Gasteiger partial charge in [0, 0.05) is 23.9 Å². The van der Waals surface area contributed by atoms with Crippen molar-refractivity contribution in [3.05, 3.63) is 130 Å². The Morgan fingerprint density at radius 3 is 2.08 bits per heavy atom. The highest BCUT2D eigenvalue weighted by atomic mass is 16.6. The average molecular weight is 675 g/mol. The third-order valence-electron chi connectivity index (χ3n) is 8.39. The van der Waals surface area contributed by atoms with Crippen LogP contribution >= 0.6 is 0 Å². The van der Waals surface area contributed by atoms with Crippen LogP contribution in [0.4, 0.5) is 21.9 Å². The Hall–Kier alpha value is -6.43. The first-order valence-corrected chi connectivity index (χ1v) is 16.1. The van der Waals surface area contributed by atoms with Crippen molar-refractivity contribution in [2.75, 3.05) is 10.6 Å². The van der Waals surface area contributed by atoms with Gasteiger partial charge in [0.25, 0.3) is 5.69 Å². The highest BCUT2D eigenvalue weighted by Gasteiger charge is 2.24. The largest absolute Gasteiger partial charge is 0.490 e. The van der Waals surface area contributed by atoms with Crippen LogP contribution in [0.3, 0.4) is 0 Å². The second kappa shape index (κ2) is 15.2. The van der Waals surface area contributed by atoms with Gasteiger partial charge >= 0.3 is 12.0 Å². The van der Waals surface area contributed by atoms with Gasteiger partial charge in [0.05, 0.1) is 28.7 Å². The Balaban J connectivity index is 0.963. The number of nitro groups is 1. The number of carbonyl (C=O) groups excluding carboxylic acids is 2. The summed E-state index contributed by atoms with van der Waals surface area (Å²) in [6.45, 7) is 0. The van der Waals surface area contributed by atoms with Gasteiger partial charge in [-0.3, -0.25) is 14.9 Å². The Morgan fingerprint density at radius 2 is 1.40 bits per heavy atom. The zero-order valence-corrected chi connectivity index (χ0v) is 26.8. The van der Waals surface area contributed by atoms with Gasteiger partial charge in [0.15, 0.2) is 0 Å². The van der Waals surface area contributed by atoms with E-state index in [4.69, 9.17) is 9.47 Å². The number of nitro benzene ring substituents is 1. The van der Waals surface area contributed by atoms with Crippen molar-refractivity contribution in [3.8, 4) is 17.2 Å². The number of urea groups is 1. The number of carbonyl (C=O) groups is 3. The fourth-order valence-electron chi connectivity index (χ4n) is 5.85. The number of non-ortho nitro benzene ring substituents is 1. The Bertz CT molecular complexity index is 2020. The molecule has 0 atom stereocenters. The van der Waals surface area contributed by atoms with Gasteiger partial charge in [0.2, 0.25) is 5.91 Å². The molecule has 1 aliphatic carbocycles. The second-order valence-corrected chi connectivity index (χ2v) is 12.0. The molecule has 5 aromatic carbocycles. The van der Waals surface area contributed by atoms with Crippen LogP contribution in [0.15, 0.2) is 109 Å². The zero-order chi connectivity index (χ0) is 35.0. The number of hydrogen-bond donors (Lipinski definition) is 4. The molecule has 254 valence electrons. The van der Waals surface area contributed by atoms with Gasteiger partial charge < -0.3 is 30.5 Å². The lowest BCUT2D eigenvalue weighted by molar-refractivity contribution is -0.384. The molecule has 0 saturated heterocycles. The maximum Gasteiger partial charge on any atom is 0.337 e. The van der Waals surface area contributed by atoms with Crippen LogP contribution in [0, 0.1) is 10.1 Å². The average Bonchev–Trinajstić information content (AvgIpc) is 3.10. The molecule has 12 heteroatoms. The van der Waals surface area contributed by atoms with E-state index in [0.717, 1.165) is 47.8 Å². The molecule has 1 aliphatic rings. The third-order valence-corrected chi connectivity index (χ3v) is 8.39. The van der Waals surface area contributed by atoms with Crippen molar-refractivity contribution in [3.63, 3.8) is 0 Å². The van der Waals surface area contributed by atoms with Gasteiger partial charge in [-0.1, -0.05) is 36.4 Å². The summed E-state index contributed by atoms with van der Waals surface area (Å²) >= 11 is 0. The van der Waals surface area contributed by atoms with Crippen molar-refractivity contribution in [1.82, 2.24) is 5.32 Å². The summed E-state index contributed by atoms with van der Waals surface area (Å²) in [5.41, 5.74) is 1.49. The number of anilines is 2. The number of benzene rings is 5. The maximum absolute atomic E-state index is 12.5. The van der Waals surface area contributed by atoms with Gasteiger partial charge in [-0.15, -0.1) is 0 Å². The zero-order valence-electron chi connectivity index (χ0n) is 26.8. The minimum atomic E-state index is -1.11. The quantitative estimate of drug-likeness (QED) is 0.0809. The van der Waals surface area contributed by atoms with Crippen molar-refractivity contribution < 1.29 is 33.9 Å². The van der Waals surface area contributed by atoms with Crippen LogP contribution in [-0.4, -0.2) is 40.1 Å². The number of carboxylic acids is 1. The summed E-state index contributed by atoms with van der Waals surface area (Å²) in [5, 5.41) is 30.5.